The van der Waals surface area contributed by atoms with Gasteiger partial charge in [0.05, 0.1) is 5.56 Å². The van der Waals surface area contributed by atoms with Crippen molar-refractivity contribution >= 4 is 41.1 Å². The Labute approximate surface area is 193 Å². The molecule has 2 heterocycles. The summed E-state index contributed by atoms with van der Waals surface area (Å²) in [4.78, 5) is 52.8. The smallest absolute Gasteiger partial charge is 0.414 e. The molecule has 12 nitrogen and oxygen atoms in total. The summed E-state index contributed by atoms with van der Waals surface area (Å²) >= 11 is 1.27. The molecule has 1 atom stereocenters. The van der Waals surface area contributed by atoms with E-state index in [1.165, 1.54) is 11.3 Å². The number of amides is 1. The average molecular weight is 482 g/mol. The minimum absolute atomic E-state index is 0.00193. The van der Waals surface area contributed by atoms with Gasteiger partial charge in [0, 0.05) is 11.3 Å². The quantitative estimate of drug-likeness (QED) is 0.228. The van der Waals surface area contributed by atoms with E-state index in [-0.39, 0.29) is 30.2 Å². The summed E-state index contributed by atoms with van der Waals surface area (Å²) in [5, 5.41) is 20.2. The fraction of sp³-hybridized carbons (Fsp3) is 0.450. The fourth-order valence-corrected chi connectivity index (χ4v) is 3.96. The van der Waals surface area contributed by atoms with E-state index < -0.39 is 24.1 Å². The summed E-state index contributed by atoms with van der Waals surface area (Å²) in [5.74, 6) is -2.33. The first kappa shape index (κ1) is 25.6. The number of carbonyl (C=O) groups excluding carboxylic acids is 1. The maximum Gasteiger partial charge on any atom is 0.414 e. The Balaban J connectivity index is 1.70. The molecule has 0 aliphatic carbocycles. The molecule has 0 radical (unpaired) electrons. The highest BCUT2D eigenvalue weighted by molar-refractivity contribution is 7.13. The van der Waals surface area contributed by atoms with Gasteiger partial charge >= 0.3 is 18.0 Å². The van der Waals surface area contributed by atoms with E-state index in [1.54, 1.807) is 6.07 Å². The highest BCUT2D eigenvalue weighted by Crippen LogP contribution is 2.26. The molecule has 0 saturated carbocycles. The monoisotopic (exact) mass is 481 g/mol. The number of aryl methyl sites for hydroxylation is 1. The Hall–Kier alpha value is -3.61. The lowest BCUT2D eigenvalue weighted by Crippen LogP contribution is -2.42. The molecular weight excluding hydrogens is 454 g/mol. The number of carboxylic acid groups (broad SMARTS) is 2. The number of nitrogen functional groups attached to an aromatic ring is 2. The van der Waals surface area contributed by atoms with Crippen LogP contribution in [-0.2, 0) is 22.4 Å². The van der Waals surface area contributed by atoms with Crippen LogP contribution in [0.3, 0.4) is 0 Å². The molecule has 1 amide bonds. The molecule has 2 aromatic heterocycles. The number of hydrogen-bond donors (Lipinski definition) is 6. The van der Waals surface area contributed by atoms with Gasteiger partial charge in [-0.1, -0.05) is 12.8 Å². The number of rotatable bonds is 13. The standard InChI is InChI=1S/C20H27N5O7S/c21-16-12(17(28)25-19(22)24-16)6-4-2-1-3-5-11-7-10-15(33-11)32-20(31)23-13(18(29)30)8-9-14(26)27/h7,10,13H,1-6,8-9H2,(H,23,31)(H,26,27)(H,29,30)(H5,21,22,24,25,28)/t13-/m0/s1. The summed E-state index contributed by atoms with van der Waals surface area (Å²) in [6.07, 6.45) is 3.22. The number of nitrogens with two attached hydrogens (primary N) is 2. The van der Waals surface area contributed by atoms with Crippen molar-refractivity contribution in [3.05, 3.63) is 32.9 Å². The number of thiophene rings is 1. The van der Waals surface area contributed by atoms with E-state index in [2.05, 4.69) is 15.3 Å². The second-order valence-corrected chi connectivity index (χ2v) is 8.44. The van der Waals surface area contributed by atoms with Crippen molar-refractivity contribution in [2.75, 3.05) is 11.5 Å². The number of unbranched alkanes of at least 4 members (excludes halogenated alkanes) is 3. The summed E-state index contributed by atoms with van der Waals surface area (Å²) in [7, 11) is 0. The van der Waals surface area contributed by atoms with Gasteiger partial charge in [-0.15, -0.1) is 11.3 Å². The SMILES string of the molecule is Nc1nc(N)c(CCCCCCc2ccc(OC(=O)N[C@@H](CCC(=O)O)C(=O)O)s2)c(=O)[nH]1. The molecule has 0 aliphatic rings. The average Bonchev–Trinajstić information content (AvgIpc) is 3.15. The number of carboxylic acids is 2. The number of ether oxygens (including phenoxy) is 1. The number of nitrogens with zero attached hydrogens (tertiary/aromatic N) is 1. The summed E-state index contributed by atoms with van der Waals surface area (Å²) in [5.41, 5.74) is 11.3. The van der Waals surface area contributed by atoms with Crippen molar-refractivity contribution in [2.24, 2.45) is 0 Å². The predicted molar refractivity (Wildman–Crippen MR) is 121 cm³/mol. The number of aromatic nitrogens is 2. The number of anilines is 2. The molecule has 8 N–H and O–H groups in total. The van der Waals surface area contributed by atoms with Crippen LogP contribution in [0.25, 0.3) is 0 Å². The number of carbonyl (C=O) groups is 3. The van der Waals surface area contributed by atoms with Gasteiger partial charge < -0.3 is 31.7 Å². The number of H-pyrrole nitrogens is 1. The van der Waals surface area contributed by atoms with E-state index in [4.69, 9.17) is 26.4 Å². The topological polar surface area (TPSA) is 211 Å². The lowest BCUT2D eigenvalue weighted by atomic mass is 10.1. The Kier molecular flexibility index (Phi) is 9.66. The van der Waals surface area contributed by atoms with Gasteiger partial charge in [0.1, 0.15) is 11.9 Å². The molecule has 33 heavy (non-hydrogen) atoms. The van der Waals surface area contributed by atoms with Crippen LogP contribution in [0.15, 0.2) is 16.9 Å². The molecule has 180 valence electrons. The molecular formula is C20H27N5O7S. The van der Waals surface area contributed by atoms with E-state index in [0.717, 1.165) is 37.0 Å². The molecule has 0 fully saturated rings. The van der Waals surface area contributed by atoms with Crippen molar-refractivity contribution < 1.29 is 29.3 Å². The summed E-state index contributed by atoms with van der Waals surface area (Å²) < 4.78 is 5.11. The first-order chi connectivity index (χ1) is 15.7. The van der Waals surface area contributed by atoms with E-state index in [9.17, 15) is 19.2 Å². The highest BCUT2D eigenvalue weighted by atomic mass is 32.1. The third-order valence-corrected chi connectivity index (χ3v) is 5.76. The second kappa shape index (κ2) is 12.4. The Bertz CT molecular complexity index is 1040. The summed E-state index contributed by atoms with van der Waals surface area (Å²) in [6, 6.07) is 2.10. The van der Waals surface area contributed by atoms with Crippen LogP contribution in [0.2, 0.25) is 0 Å². The van der Waals surface area contributed by atoms with Crippen LogP contribution < -0.4 is 27.1 Å². The van der Waals surface area contributed by atoms with Gasteiger partial charge in [-0.25, -0.2) is 9.59 Å². The highest BCUT2D eigenvalue weighted by Gasteiger charge is 2.22. The van der Waals surface area contributed by atoms with E-state index in [0.29, 0.717) is 17.0 Å². The number of aliphatic carboxylic acids is 2. The van der Waals surface area contributed by atoms with Crippen molar-refractivity contribution in [1.82, 2.24) is 15.3 Å². The Morgan fingerprint density at radius 2 is 1.82 bits per heavy atom. The zero-order valence-electron chi connectivity index (χ0n) is 17.8. The normalized spacial score (nSPS) is 11.6. The molecule has 2 rings (SSSR count). The van der Waals surface area contributed by atoms with Crippen LogP contribution in [0, 0.1) is 0 Å². The van der Waals surface area contributed by atoms with Crippen LogP contribution in [-0.4, -0.2) is 44.3 Å². The van der Waals surface area contributed by atoms with Crippen LogP contribution in [0.5, 0.6) is 5.06 Å². The second-order valence-electron chi connectivity index (χ2n) is 7.31. The van der Waals surface area contributed by atoms with Gasteiger partial charge in [0.25, 0.3) is 5.56 Å². The molecule has 0 saturated heterocycles. The van der Waals surface area contributed by atoms with Crippen LogP contribution >= 0.6 is 11.3 Å². The fourth-order valence-electron chi connectivity index (χ4n) is 3.07. The zero-order chi connectivity index (χ0) is 24.4. The lowest BCUT2D eigenvalue weighted by molar-refractivity contribution is -0.140. The van der Waals surface area contributed by atoms with E-state index in [1.807, 2.05) is 6.07 Å². The van der Waals surface area contributed by atoms with Gasteiger partial charge in [-0.2, -0.15) is 4.98 Å². The minimum atomic E-state index is -1.34. The van der Waals surface area contributed by atoms with Gasteiger partial charge in [-0.3, -0.25) is 14.6 Å². The van der Waals surface area contributed by atoms with E-state index >= 15 is 0 Å². The third-order valence-electron chi connectivity index (χ3n) is 4.73. The van der Waals surface area contributed by atoms with Crippen LogP contribution in [0.4, 0.5) is 16.6 Å². The molecule has 0 aromatic carbocycles. The van der Waals surface area contributed by atoms with Crippen molar-refractivity contribution in [3.63, 3.8) is 0 Å². The molecule has 0 aliphatic heterocycles. The first-order valence-electron chi connectivity index (χ1n) is 10.3. The Morgan fingerprint density at radius 1 is 1.12 bits per heavy atom. The molecule has 0 unspecified atom stereocenters. The summed E-state index contributed by atoms with van der Waals surface area (Å²) in [6.45, 7) is 0. The third kappa shape index (κ3) is 8.80. The van der Waals surface area contributed by atoms with Gasteiger partial charge in [-0.05, 0) is 44.2 Å². The lowest BCUT2D eigenvalue weighted by Gasteiger charge is -2.12. The maximum atomic E-state index is 11.9. The Morgan fingerprint density at radius 3 is 2.45 bits per heavy atom. The minimum Gasteiger partial charge on any atom is -0.481 e. The molecule has 0 spiro atoms. The maximum absolute atomic E-state index is 11.9. The molecule has 2 aromatic rings. The van der Waals surface area contributed by atoms with Gasteiger partial charge in [0.2, 0.25) is 5.95 Å². The number of nitrogens with one attached hydrogen (secondary N) is 2. The number of hydrogen-bond acceptors (Lipinski definition) is 9. The predicted octanol–water partition coefficient (Wildman–Crippen LogP) is 1.75. The van der Waals surface area contributed by atoms with Crippen molar-refractivity contribution in [3.8, 4) is 5.06 Å². The number of aromatic amines is 1. The molecule has 0 bridgehead atoms. The van der Waals surface area contributed by atoms with Crippen molar-refractivity contribution in [2.45, 2.75) is 57.4 Å². The largest absolute Gasteiger partial charge is 0.481 e. The first-order valence-corrected chi connectivity index (χ1v) is 11.1. The van der Waals surface area contributed by atoms with Crippen molar-refractivity contribution in [1.29, 1.82) is 0 Å². The van der Waals surface area contributed by atoms with Gasteiger partial charge in [0.15, 0.2) is 5.06 Å². The molecule has 13 heteroatoms. The zero-order valence-corrected chi connectivity index (χ0v) is 18.7. The van der Waals surface area contributed by atoms with Crippen LogP contribution in [0.1, 0.15) is 49.0 Å².